The Balaban J connectivity index is 1.96. The maximum atomic E-state index is 12.3. The summed E-state index contributed by atoms with van der Waals surface area (Å²) in [6, 6.07) is 12.5. The van der Waals surface area contributed by atoms with Crippen LogP contribution in [0.2, 0.25) is 0 Å². The van der Waals surface area contributed by atoms with Crippen LogP contribution in [0.4, 0.5) is 4.79 Å². The highest BCUT2D eigenvalue weighted by atomic mass is 16.5. The third kappa shape index (κ3) is 6.30. The first-order valence-electron chi connectivity index (χ1n) is 9.42. The van der Waals surface area contributed by atoms with E-state index >= 15 is 0 Å². The molecule has 0 fully saturated rings. The number of methoxy groups -OCH3 is 1. The minimum Gasteiger partial charge on any atom is -0.465 e. The van der Waals surface area contributed by atoms with Crippen LogP contribution >= 0.6 is 0 Å². The summed E-state index contributed by atoms with van der Waals surface area (Å²) >= 11 is 0. The second-order valence-corrected chi connectivity index (χ2v) is 7.68. The number of esters is 1. The number of hydrazine groups is 1. The summed E-state index contributed by atoms with van der Waals surface area (Å²) in [5, 5.41) is 12.9. The van der Waals surface area contributed by atoms with E-state index in [-0.39, 0.29) is 18.0 Å². The monoisotopic (exact) mass is 427 g/mol. The normalized spacial score (nSPS) is 10.7. The summed E-state index contributed by atoms with van der Waals surface area (Å²) in [7, 11) is 1.28. The van der Waals surface area contributed by atoms with Crippen LogP contribution in [0.3, 0.4) is 0 Å². The van der Waals surface area contributed by atoms with Crippen LogP contribution in [0.25, 0.3) is 0 Å². The van der Waals surface area contributed by atoms with Crippen LogP contribution in [0, 0.1) is 0 Å². The molecule has 0 aliphatic heterocycles. The molecule has 164 valence electrons. The van der Waals surface area contributed by atoms with E-state index in [1.165, 1.54) is 31.4 Å². The van der Waals surface area contributed by atoms with Gasteiger partial charge in [-0.2, -0.15) is 0 Å². The molecule has 0 bridgehead atoms. The molecule has 0 radical (unpaired) electrons. The van der Waals surface area contributed by atoms with Crippen LogP contribution < -0.4 is 10.7 Å². The number of carboxylic acid groups (broad SMARTS) is 1. The van der Waals surface area contributed by atoms with Crippen LogP contribution in [-0.4, -0.2) is 46.6 Å². The molecule has 0 unspecified atom stereocenters. The number of nitrogens with one attached hydrogen (secondary N) is 2. The molecule has 3 N–H and O–H groups in total. The van der Waals surface area contributed by atoms with Gasteiger partial charge in [-0.1, -0.05) is 12.1 Å². The number of benzene rings is 2. The van der Waals surface area contributed by atoms with Gasteiger partial charge in [0.2, 0.25) is 0 Å². The average molecular weight is 427 g/mol. The number of amides is 3. The van der Waals surface area contributed by atoms with Crippen molar-refractivity contribution in [2.24, 2.45) is 0 Å². The Morgan fingerprint density at radius 2 is 1.35 bits per heavy atom. The van der Waals surface area contributed by atoms with Gasteiger partial charge in [0.05, 0.1) is 18.2 Å². The van der Waals surface area contributed by atoms with E-state index in [1.54, 1.807) is 45.0 Å². The lowest BCUT2D eigenvalue weighted by molar-refractivity contribution is 0.0497. The molecule has 0 aromatic heterocycles. The Labute approximate surface area is 180 Å². The van der Waals surface area contributed by atoms with E-state index in [4.69, 9.17) is 0 Å². The van der Waals surface area contributed by atoms with Gasteiger partial charge in [-0.15, -0.1) is 0 Å². The molecular formula is C22H25N3O6. The summed E-state index contributed by atoms with van der Waals surface area (Å²) in [6.45, 7) is 5.21. The molecule has 0 aliphatic rings. The molecular weight excluding hydrogens is 402 g/mol. The largest absolute Gasteiger partial charge is 0.465 e. The van der Waals surface area contributed by atoms with E-state index in [9.17, 15) is 24.3 Å². The molecule has 31 heavy (non-hydrogen) atoms. The highest BCUT2D eigenvalue weighted by Gasteiger charge is 2.28. The summed E-state index contributed by atoms with van der Waals surface area (Å²) in [6.07, 6.45) is -1.26. The number of hydrogen-bond acceptors (Lipinski definition) is 5. The van der Waals surface area contributed by atoms with Crippen molar-refractivity contribution in [3.63, 3.8) is 0 Å². The summed E-state index contributed by atoms with van der Waals surface area (Å²) < 4.78 is 4.62. The first kappa shape index (κ1) is 23.4. The first-order valence-corrected chi connectivity index (χ1v) is 9.42. The Morgan fingerprint density at radius 3 is 1.84 bits per heavy atom. The molecule has 2 aromatic carbocycles. The fourth-order valence-electron chi connectivity index (χ4n) is 2.60. The van der Waals surface area contributed by atoms with Gasteiger partial charge >= 0.3 is 12.1 Å². The Hall–Kier alpha value is -3.88. The molecule has 0 spiro atoms. The number of carbonyl (C=O) groups is 4. The zero-order chi connectivity index (χ0) is 23.2. The highest BCUT2D eigenvalue weighted by molar-refractivity contribution is 5.96. The first-order chi connectivity index (χ1) is 14.5. The Morgan fingerprint density at radius 1 is 0.871 bits per heavy atom. The summed E-state index contributed by atoms with van der Waals surface area (Å²) in [5.74, 6) is -1.36. The maximum absolute atomic E-state index is 12.3. The molecule has 0 heterocycles. The molecule has 0 aliphatic carbocycles. The molecule has 9 nitrogen and oxygen atoms in total. The second kappa shape index (κ2) is 9.75. The van der Waals surface area contributed by atoms with Crippen LogP contribution in [-0.2, 0) is 11.3 Å². The maximum Gasteiger partial charge on any atom is 0.426 e. The number of rotatable bonds is 5. The summed E-state index contributed by atoms with van der Waals surface area (Å²) in [5.41, 5.74) is 3.34. The standard InChI is InChI=1S/C22H25N3O6/c1-22(2,3)25(21(29)30)24-19(27)16-7-5-14(6-8-16)13-23-18(26)15-9-11-17(12-10-15)20(28)31-4/h5-12H,13H2,1-4H3,(H,23,26)(H,24,27)(H,29,30). The number of nitrogens with zero attached hydrogens (tertiary/aromatic N) is 1. The predicted octanol–water partition coefficient (Wildman–Crippen LogP) is 2.83. The van der Waals surface area contributed by atoms with E-state index in [0.29, 0.717) is 11.1 Å². The lowest BCUT2D eigenvalue weighted by Gasteiger charge is -2.32. The molecule has 9 heteroatoms. The van der Waals surface area contributed by atoms with Crippen molar-refractivity contribution in [2.45, 2.75) is 32.9 Å². The highest BCUT2D eigenvalue weighted by Crippen LogP contribution is 2.12. The van der Waals surface area contributed by atoms with Gasteiger partial charge in [0.1, 0.15) is 0 Å². The SMILES string of the molecule is COC(=O)c1ccc(C(=O)NCc2ccc(C(=O)NN(C(=O)O)C(C)(C)C)cc2)cc1. The topological polar surface area (TPSA) is 125 Å². The van der Waals surface area contributed by atoms with Crippen molar-refractivity contribution in [1.29, 1.82) is 0 Å². The van der Waals surface area contributed by atoms with E-state index in [2.05, 4.69) is 15.5 Å². The third-order valence-corrected chi connectivity index (χ3v) is 4.31. The lowest BCUT2D eigenvalue weighted by Crippen LogP contribution is -2.55. The van der Waals surface area contributed by atoms with E-state index in [1.807, 2.05) is 0 Å². The molecule has 0 atom stereocenters. The quantitative estimate of drug-likeness (QED) is 0.498. The molecule has 0 saturated heterocycles. The van der Waals surface area contributed by atoms with Gasteiger partial charge in [0.25, 0.3) is 11.8 Å². The fraction of sp³-hybridized carbons (Fsp3) is 0.273. The summed E-state index contributed by atoms with van der Waals surface area (Å²) in [4.78, 5) is 47.4. The van der Waals surface area contributed by atoms with Crippen molar-refractivity contribution in [1.82, 2.24) is 15.8 Å². The number of ether oxygens (including phenoxy) is 1. The van der Waals surface area contributed by atoms with Crippen molar-refractivity contribution in [3.8, 4) is 0 Å². The molecule has 3 amide bonds. The zero-order valence-electron chi connectivity index (χ0n) is 17.8. The smallest absolute Gasteiger partial charge is 0.426 e. The fourth-order valence-corrected chi connectivity index (χ4v) is 2.60. The van der Waals surface area contributed by atoms with Gasteiger partial charge in [0, 0.05) is 17.7 Å². The van der Waals surface area contributed by atoms with Crippen molar-refractivity contribution in [2.75, 3.05) is 7.11 Å². The molecule has 2 rings (SSSR count). The van der Waals surface area contributed by atoms with E-state index in [0.717, 1.165) is 10.6 Å². The van der Waals surface area contributed by atoms with E-state index < -0.39 is 23.5 Å². The Kier molecular flexibility index (Phi) is 7.36. The van der Waals surface area contributed by atoms with Crippen molar-refractivity contribution >= 4 is 23.9 Å². The van der Waals surface area contributed by atoms with Crippen LogP contribution in [0.1, 0.15) is 57.4 Å². The van der Waals surface area contributed by atoms with Gasteiger partial charge in [-0.05, 0) is 62.7 Å². The average Bonchev–Trinajstić information content (AvgIpc) is 2.74. The minimum atomic E-state index is -1.26. The zero-order valence-corrected chi connectivity index (χ0v) is 17.8. The van der Waals surface area contributed by atoms with Crippen molar-refractivity contribution < 1.29 is 29.0 Å². The third-order valence-electron chi connectivity index (χ3n) is 4.31. The van der Waals surface area contributed by atoms with Gasteiger partial charge in [0.15, 0.2) is 0 Å². The minimum absolute atomic E-state index is 0.225. The second-order valence-electron chi connectivity index (χ2n) is 7.68. The predicted molar refractivity (Wildman–Crippen MR) is 112 cm³/mol. The lowest BCUT2D eigenvalue weighted by atomic mass is 10.1. The number of carbonyl (C=O) groups excluding carboxylic acids is 3. The van der Waals surface area contributed by atoms with Crippen LogP contribution in [0.15, 0.2) is 48.5 Å². The number of hydrogen-bond donors (Lipinski definition) is 3. The molecule has 0 saturated carbocycles. The van der Waals surface area contributed by atoms with Crippen molar-refractivity contribution in [3.05, 3.63) is 70.8 Å². The van der Waals surface area contributed by atoms with Gasteiger partial charge in [-0.3, -0.25) is 15.0 Å². The molecule has 2 aromatic rings. The van der Waals surface area contributed by atoms with Gasteiger partial charge < -0.3 is 15.2 Å². The van der Waals surface area contributed by atoms with Gasteiger partial charge in [-0.25, -0.2) is 14.6 Å². The Bertz CT molecular complexity index is 962. The van der Waals surface area contributed by atoms with Crippen LogP contribution in [0.5, 0.6) is 0 Å².